The standard InChI is InChI=1S/C23H17ClN2O/c1-26-23(27)22-18(15-25-26)13-19(24)14-21(22)20(17-10-6-3-7-11-17)12-16-8-4-2-5-9-16/h2-15H,1H3/b20-12+. The number of halogens is 1. The second-order valence-electron chi connectivity index (χ2n) is 6.33. The van der Waals surface area contributed by atoms with Crippen LogP contribution in [0.3, 0.4) is 0 Å². The fourth-order valence-corrected chi connectivity index (χ4v) is 3.42. The van der Waals surface area contributed by atoms with Crippen molar-refractivity contribution in [3.05, 3.63) is 111 Å². The van der Waals surface area contributed by atoms with Gasteiger partial charge in [-0.2, -0.15) is 5.10 Å². The summed E-state index contributed by atoms with van der Waals surface area (Å²) in [6.45, 7) is 0. The Labute approximate surface area is 162 Å². The van der Waals surface area contributed by atoms with Gasteiger partial charge in [-0.25, -0.2) is 4.68 Å². The number of hydrogen-bond acceptors (Lipinski definition) is 2. The molecule has 0 atom stereocenters. The molecule has 4 heteroatoms. The summed E-state index contributed by atoms with van der Waals surface area (Å²) >= 11 is 6.39. The minimum Gasteiger partial charge on any atom is -0.267 e. The fraction of sp³-hybridized carbons (Fsp3) is 0.0435. The van der Waals surface area contributed by atoms with Crippen molar-refractivity contribution in [1.29, 1.82) is 0 Å². The van der Waals surface area contributed by atoms with Gasteiger partial charge in [0.2, 0.25) is 0 Å². The van der Waals surface area contributed by atoms with Crippen molar-refractivity contribution in [2.24, 2.45) is 7.05 Å². The molecule has 0 saturated carbocycles. The van der Waals surface area contributed by atoms with Gasteiger partial charge in [-0.1, -0.05) is 72.3 Å². The highest BCUT2D eigenvalue weighted by Gasteiger charge is 2.14. The molecule has 0 radical (unpaired) electrons. The Bertz CT molecular complexity index is 1200. The lowest BCUT2D eigenvalue weighted by Crippen LogP contribution is -2.20. The third kappa shape index (κ3) is 3.42. The number of nitrogens with zero attached hydrogens (tertiary/aromatic N) is 2. The van der Waals surface area contributed by atoms with Gasteiger partial charge >= 0.3 is 0 Å². The molecule has 27 heavy (non-hydrogen) atoms. The van der Waals surface area contributed by atoms with Crippen LogP contribution in [-0.2, 0) is 7.05 Å². The van der Waals surface area contributed by atoms with E-state index in [1.54, 1.807) is 19.3 Å². The average Bonchev–Trinajstić information content (AvgIpc) is 2.70. The molecule has 0 saturated heterocycles. The summed E-state index contributed by atoms with van der Waals surface area (Å²) in [6, 6.07) is 23.7. The van der Waals surface area contributed by atoms with E-state index in [1.807, 2.05) is 66.7 Å². The molecule has 132 valence electrons. The highest BCUT2D eigenvalue weighted by atomic mass is 35.5. The zero-order chi connectivity index (χ0) is 18.8. The molecule has 0 N–H and O–H groups in total. The van der Waals surface area contributed by atoms with Gasteiger partial charge in [0.25, 0.3) is 5.56 Å². The van der Waals surface area contributed by atoms with E-state index in [-0.39, 0.29) is 5.56 Å². The molecule has 0 aliphatic carbocycles. The van der Waals surface area contributed by atoms with Crippen LogP contribution in [0.4, 0.5) is 0 Å². The van der Waals surface area contributed by atoms with Gasteiger partial charge in [0.05, 0.1) is 11.6 Å². The Kier molecular flexibility index (Phi) is 4.61. The highest BCUT2D eigenvalue weighted by molar-refractivity contribution is 6.31. The van der Waals surface area contributed by atoms with Crippen molar-refractivity contribution in [3.63, 3.8) is 0 Å². The smallest absolute Gasteiger partial charge is 0.267 e. The lowest BCUT2D eigenvalue weighted by Gasteiger charge is -2.13. The number of rotatable bonds is 3. The summed E-state index contributed by atoms with van der Waals surface area (Å²) in [7, 11) is 1.66. The monoisotopic (exact) mass is 372 g/mol. The number of benzene rings is 3. The molecule has 3 aromatic carbocycles. The number of hydrogen-bond donors (Lipinski definition) is 0. The highest BCUT2D eigenvalue weighted by Crippen LogP contribution is 2.32. The summed E-state index contributed by atoms with van der Waals surface area (Å²) in [5.74, 6) is 0. The van der Waals surface area contributed by atoms with Crippen LogP contribution >= 0.6 is 11.6 Å². The predicted octanol–water partition coefficient (Wildman–Crippen LogP) is 5.18. The fourth-order valence-electron chi connectivity index (χ4n) is 3.19. The second kappa shape index (κ2) is 7.22. The molecule has 4 aromatic rings. The third-order valence-corrected chi connectivity index (χ3v) is 4.72. The maximum atomic E-state index is 12.9. The predicted molar refractivity (Wildman–Crippen MR) is 112 cm³/mol. The van der Waals surface area contributed by atoms with Crippen LogP contribution in [0.15, 0.2) is 83.8 Å². The summed E-state index contributed by atoms with van der Waals surface area (Å²) in [5.41, 5.74) is 3.67. The molecule has 0 spiro atoms. The van der Waals surface area contributed by atoms with Crippen LogP contribution in [0.25, 0.3) is 22.4 Å². The minimum absolute atomic E-state index is 0.144. The van der Waals surface area contributed by atoms with E-state index >= 15 is 0 Å². The molecule has 1 aromatic heterocycles. The zero-order valence-corrected chi connectivity index (χ0v) is 15.5. The largest absolute Gasteiger partial charge is 0.274 e. The summed E-state index contributed by atoms with van der Waals surface area (Å²) < 4.78 is 1.35. The molecular weight excluding hydrogens is 356 g/mol. The molecule has 0 unspecified atom stereocenters. The van der Waals surface area contributed by atoms with Crippen molar-refractivity contribution >= 4 is 34.0 Å². The van der Waals surface area contributed by atoms with Gasteiger partial charge < -0.3 is 0 Å². The van der Waals surface area contributed by atoms with E-state index < -0.39 is 0 Å². The van der Waals surface area contributed by atoms with E-state index in [1.165, 1.54) is 4.68 Å². The van der Waals surface area contributed by atoms with Crippen LogP contribution in [0, 0.1) is 0 Å². The van der Waals surface area contributed by atoms with Crippen LogP contribution < -0.4 is 5.56 Å². The van der Waals surface area contributed by atoms with Crippen LogP contribution in [0.5, 0.6) is 0 Å². The first-order chi connectivity index (χ1) is 13.1. The maximum absolute atomic E-state index is 12.9. The average molecular weight is 373 g/mol. The van der Waals surface area contributed by atoms with E-state index in [0.717, 1.165) is 27.6 Å². The van der Waals surface area contributed by atoms with E-state index in [9.17, 15) is 4.79 Å². The lowest BCUT2D eigenvalue weighted by molar-refractivity contribution is 0.718. The SMILES string of the molecule is Cn1ncc2cc(Cl)cc(/C(=C/c3ccccc3)c3ccccc3)c2c1=O. The van der Waals surface area contributed by atoms with Crippen molar-refractivity contribution in [2.45, 2.75) is 0 Å². The van der Waals surface area contributed by atoms with Crippen LogP contribution in [-0.4, -0.2) is 9.78 Å². The van der Waals surface area contributed by atoms with Gasteiger partial charge in [0.1, 0.15) is 0 Å². The van der Waals surface area contributed by atoms with Crippen molar-refractivity contribution in [3.8, 4) is 0 Å². The first kappa shape index (κ1) is 17.3. The van der Waals surface area contributed by atoms with Crippen molar-refractivity contribution < 1.29 is 0 Å². The molecular formula is C23H17ClN2O. The molecule has 1 heterocycles. The molecule has 0 fully saturated rings. The van der Waals surface area contributed by atoms with E-state index in [0.29, 0.717) is 10.4 Å². The lowest BCUT2D eigenvalue weighted by atomic mass is 9.92. The molecule has 3 nitrogen and oxygen atoms in total. The molecule has 4 rings (SSSR count). The summed E-state index contributed by atoms with van der Waals surface area (Å²) in [5, 5.41) is 6.05. The number of aryl methyl sites for hydroxylation is 1. The first-order valence-electron chi connectivity index (χ1n) is 8.61. The quantitative estimate of drug-likeness (QED) is 0.465. The van der Waals surface area contributed by atoms with Gasteiger partial charge in [-0.15, -0.1) is 0 Å². The maximum Gasteiger partial charge on any atom is 0.274 e. The zero-order valence-electron chi connectivity index (χ0n) is 14.8. The number of fused-ring (bicyclic) bond motifs is 1. The summed E-state index contributed by atoms with van der Waals surface area (Å²) in [4.78, 5) is 12.9. The normalized spacial score (nSPS) is 11.7. The first-order valence-corrected chi connectivity index (χ1v) is 8.99. The van der Waals surface area contributed by atoms with Gasteiger partial charge in [-0.05, 0) is 40.5 Å². The Balaban J connectivity index is 2.09. The van der Waals surface area contributed by atoms with Gasteiger partial charge in [0, 0.05) is 17.5 Å². The van der Waals surface area contributed by atoms with Crippen molar-refractivity contribution in [2.75, 3.05) is 0 Å². The molecule has 0 amide bonds. The third-order valence-electron chi connectivity index (χ3n) is 4.50. The molecule has 0 bridgehead atoms. The van der Waals surface area contributed by atoms with Crippen LogP contribution in [0.2, 0.25) is 5.02 Å². The Hall–Kier alpha value is -3.17. The van der Waals surface area contributed by atoms with E-state index in [2.05, 4.69) is 11.2 Å². The van der Waals surface area contributed by atoms with Crippen molar-refractivity contribution in [1.82, 2.24) is 9.78 Å². The number of aromatic nitrogens is 2. The summed E-state index contributed by atoms with van der Waals surface area (Å²) in [6.07, 6.45) is 3.76. The molecule has 0 aliphatic heterocycles. The Morgan fingerprint density at radius 1 is 1.00 bits per heavy atom. The Morgan fingerprint density at radius 2 is 1.67 bits per heavy atom. The van der Waals surface area contributed by atoms with Gasteiger partial charge in [0.15, 0.2) is 0 Å². The topological polar surface area (TPSA) is 34.9 Å². The van der Waals surface area contributed by atoms with Crippen LogP contribution in [0.1, 0.15) is 16.7 Å². The van der Waals surface area contributed by atoms with Gasteiger partial charge in [-0.3, -0.25) is 4.79 Å². The second-order valence-corrected chi connectivity index (χ2v) is 6.76. The molecule has 0 aliphatic rings. The minimum atomic E-state index is -0.144. The van der Waals surface area contributed by atoms with E-state index in [4.69, 9.17) is 11.6 Å². The Morgan fingerprint density at radius 3 is 2.37 bits per heavy atom.